The molecule has 1 aromatic rings. The Hall–Kier alpha value is -0.190. The van der Waals surface area contributed by atoms with Crippen molar-refractivity contribution < 1.29 is 13.2 Å². The van der Waals surface area contributed by atoms with Crippen LogP contribution in [0.5, 0.6) is 0 Å². The fourth-order valence-electron chi connectivity index (χ4n) is 0.844. The van der Waals surface area contributed by atoms with Gasteiger partial charge in [-0.2, -0.15) is 13.2 Å². The van der Waals surface area contributed by atoms with Gasteiger partial charge < -0.3 is 0 Å². The Morgan fingerprint density at radius 3 is 2.47 bits per heavy atom. The molecule has 0 unspecified atom stereocenters. The van der Waals surface area contributed by atoms with Crippen LogP contribution < -0.4 is 0 Å². The topological polar surface area (TPSA) is 0 Å². The molecular formula is C9H4BrCl2F3. The minimum Gasteiger partial charge on any atom is -0.165 e. The normalized spacial score (nSPS) is 13.1. The number of benzene rings is 1. The zero-order chi connectivity index (χ0) is 11.6. The molecular weight excluding hydrogens is 316 g/mol. The summed E-state index contributed by atoms with van der Waals surface area (Å²) in [6, 6.07) is 4.50. The minimum absolute atomic E-state index is 0.282. The second-order valence-corrected chi connectivity index (χ2v) is 4.35. The zero-order valence-electron chi connectivity index (χ0n) is 7.08. The van der Waals surface area contributed by atoms with E-state index in [1.54, 1.807) is 12.1 Å². The van der Waals surface area contributed by atoms with Gasteiger partial charge in [0, 0.05) is 9.50 Å². The zero-order valence-corrected chi connectivity index (χ0v) is 10.2. The van der Waals surface area contributed by atoms with E-state index in [1.807, 2.05) is 0 Å². The Morgan fingerprint density at radius 2 is 1.93 bits per heavy atom. The molecule has 0 aliphatic carbocycles. The van der Waals surface area contributed by atoms with Crippen molar-refractivity contribution in [3.63, 3.8) is 0 Å². The van der Waals surface area contributed by atoms with Crippen LogP contribution in [-0.4, -0.2) is 6.18 Å². The molecule has 0 radical (unpaired) electrons. The van der Waals surface area contributed by atoms with Gasteiger partial charge in [0.05, 0.1) is 0 Å². The van der Waals surface area contributed by atoms with Crippen LogP contribution in [0.1, 0.15) is 5.56 Å². The molecule has 15 heavy (non-hydrogen) atoms. The molecule has 0 spiro atoms. The van der Waals surface area contributed by atoms with Crippen molar-refractivity contribution in [1.29, 1.82) is 0 Å². The highest BCUT2D eigenvalue weighted by atomic mass is 79.9. The van der Waals surface area contributed by atoms with E-state index in [-0.39, 0.29) is 5.56 Å². The van der Waals surface area contributed by atoms with Gasteiger partial charge in [-0.15, -0.1) is 0 Å². The first-order valence-electron chi connectivity index (χ1n) is 3.70. The Kier molecular flexibility index (Phi) is 4.09. The molecule has 0 saturated heterocycles. The number of allylic oxidation sites excluding steroid dienone is 1. The van der Waals surface area contributed by atoms with Crippen molar-refractivity contribution in [2.45, 2.75) is 6.18 Å². The maximum atomic E-state index is 12.1. The molecule has 0 amide bonds. The second kappa shape index (κ2) is 4.76. The third-order valence-electron chi connectivity index (χ3n) is 1.51. The van der Waals surface area contributed by atoms with Gasteiger partial charge >= 0.3 is 6.18 Å². The van der Waals surface area contributed by atoms with Crippen molar-refractivity contribution in [3.8, 4) is 0 Å². The first kappa shape index (κ1) is 12.9. The summed E-state index contributed by atoms with van der Waals surface area (Å²) in [6.45, 7) is 0. The molecule has 82 valence electrons. The lowest BCUT2D eigenvalue weighted by Crippen LogP contribution is -2.06. The molecule has 0 atom stereocenters. The Balaban J connectivity index is 3.13. The molecule has 0 bridgehead atoms. The first-order valence-corrected chi connectivity index (χ1v) is 5.25. The van der Waals surface area contributed by atoms with Crippen molar-refractivity contribution >= 4 is 45.2 Å². The summed E-state index contributed by atoms with van der Waals surface area (Å²) >= 11 is 13.8. The van der Waals surface area contributed by atoms with Crippen molar-refractivity contribution in [1.82, 2.24) is 0 Å². The third-order valence-corrected chi connectivity index (χ3v) is 2.79. The van der Waals surface area contributed by atoms with E-state index in [0.29, 0.717) is 9.50 Å². The number of hydrogen-bond acceptors (Lipinski definition) is 0. The van der Waals surface area contributed by atoms with E-state index in [9.17, 15) is 13.2 Å². The Labute approximate surface area is 103 Å². The van der Waals surface area contributed by atoms with Gasteiger partial charge in [0.25, 0.3) is 0 Å². The number of hydrogen-bond donors (Lipinski definition) is 0. The highest BCUT2D eigenvalue weighted by molar-refractivity contribution is 9.10. The van der Waals surface area contributed by atoms with Crippen LogP contribution in [0.2, 0.25) is 5.02 Å². The predicted molar refractivity (Wildman–Crippen MR) is 59.0 cm³/mol. The van der Waals surface area contributed by atoms with Crippen LogP contribution in [0.4, 0.5) is 13.2 Å². The van der Waals surface area contributed by atoms with Crippen molar-refractivity contribution in [3.05, 3.63) is 38.3 Å². The standard InChI is InChI=1S/C9H4BrCl2F3/c10-7-2-1-6(11)3-5(7)4-8(12)9(13,14)15/h1-4H. The molecule has 0 fully saturated rings. The molecule has 0 saturated carbocycles. The van der Waals surface area contributed by atoms with E-state index in [0.717, 1.165) is 6.08 Å². The van der Waals surface area contributed by atoms with Gasteiger partial charge in [0.2, 0.25) is 0 Å². The van der Waals surface area contributed by atoms with Gasteiger partial charge in [-0.3, -0.25) is 0 Å². The SMILES string of the molecule is FC(F)(F)C(Cl)=Cc1cc(Cl)ccc1Br. The maximum Gasteiger partial charge on any atom is 0.426 e. The van der Waals surface area contributed by atoms with E-state index < -0.39 is 11.2 Å². The highest BCUT2D eigenvalue weighted by Gasteiger charge is 2.32. The van der Waals surface area contributed by atoms with Gasteiger partial charge in [-0.25, -0.2) is 0 Å². The highest BCUT2D eigenvalue weighted by Crippen LogP contribution is 2.32. The smallest absolute Gasteiger partial charge is 0.165 e. The number of halogens is 6. The van der Waals surface area contributed by atoms with Crippen LogP contribution in [-0.2, 0) is 0 Å². The van der Waals surface area contributed by atoms with Gasteiger partial charge in [0.1, 0.15) is 5.03 Å². The summed E-state index contributed by atoms with van der Waals surface area (Å²) in [7, 11) is 0. The van der Waals surface area contributed by atoms with Crippen LogP contribution >= 0.6 is 39.1 Å². The largest absolute Gasteiger partial charge is 0.426 e. The fourth-order valence-corrected chi connectivity index (χ4v) is 1.50. The van der Waals surface area contributed by atoms with E-state index in [1.165, 1.54) is 6.07 Å². The maximum absolute atomic E-state index is 12.1. The lowest BCUT2D eigenvalue weighted by atomic mass is 10.2. The van der Waals surface area contributed by atoms with E-state index in [2.05, 4.69) is 15.9 Å². The molecule has 0 aliphatic heterocycles. The average molecular weight is 320 g/mol. The summed E-state index contributed by atoms with van der Waals surface area (Å²) in [5.41, 5.74) is 0.282. The molecule has 0 aromatic heterocycles. The molecule has 0 aliphatic rings. The lowest BCUT2D eigenvalue weighted by Gasteiger charge is -2.05. The molecule has 1 rings (SSSR count). The van der Waals surface area contributed by atoms with E-state index in [4.69, 9.17) is 23.2 Å². The summed E-state index contributed by atoms with van der Waals surface area (Å²) < 4.78 is 36.9. The Morgan fingerprint density at radius 1 is 1.33 bits per heavy atom. The summed E-state index contributed by atoms with van der Waals surface area (Å²) in [5, 5.41) is -0.846. The fraction of sp³-hybridized carbons (Fsp3) is 0.111. The van der Waals surface area contributed by atoms with Gasteiger partial charge in [0.15, 0.2) is 0 Å². The van der Waals surface area contributed by atoms with Crippen LogP contribution in [0, 0.1) is 0 Å². The third kappa shape index (κ3) is 3.70. The van der Waals surface area contributed by atoms with Crippen LogP contribution in [0.3, 0.4) is 0 Å². The quantitative estimate of drug-likeness (QED) is 0.663. The molecule has 0 nitrogen and oxygen atoms in total. The lowest BCUT2D eigenvalue weighted by molar-refractivity contribution is -0.0836. The van der Waals surface area contributed by atoms with E-state index >= 15 is 0 Å². The van der Waals surface area contributed by atoms with Crippen LogP contribution in [0.25, 0.3) is 6.08 Å². The van der Waals surface area contributed by atoms with Crippen molar-refractivity contribution in [2.75, 3.05) is 0 Å². The molecule has 6 heteroatoms. The Bertz CT molecular complexity index is 399. The monoisotopic (exact) mass is 318 g/mol. The van der Waals surface area contributed by atoms with Crippen LogP contribution in [0.15, 0.2) is 27.7 Å². The number of rotatable bonds is 1. The van der Waals surface area contributed by atoms with Crippen molar-refractivity contribution in [2.24, 2.45) is 0 Å². The molecule has 0 heterocycles. The number of alkyl halides is 3. The second-order valence-electron chi connectivity index (χ2n) is 2.66. The minimum atomic E-state index is -4.54. The first-order chi connectivity index (χ1) is 6.80. The average Bonchev–Trinajstić information content (AvgIpc) is 2.09. The molecule has 1 aromatic carbocycles. The van der Waals surface area contributed by atoms with Gasteiger partial charge in [-0.1, -0.05) is 39.1 Å². The summed E-state index contributed by atoms with van der Waals surface area (Å²) in [4.78, 5) is 0. The molecule has 0 N–H and O–H groups in total. The van der Waals surface area contributed by atoms with Gasteiger partial charge in [-0.05, 0) is 29.8 Å². The predicted octanol–water partition coefficient (Wildman–Crippen LogP) is 5.24. The summed E-state index contributed by atoms with van der Waals surface area (Å²) in [6.07, 6.45) is -3.72. The summed E-state index contributed by atoms with van der Waals surface area (Å²) in [5.74, 6) is 0.